The van der Waals surface area contributed by atoms with Gasteiger partial charge in [0.2, 0.25) is 0 Å². The molecule has 2 rings (SSSR count). The van der Waals surface area contributed by atoms with E-state index >= 15 is 0 Å². The third-order valence-corrected chi connectivity index (χ3v) is 5.07. The maximum absolute atomic E-state index is 12.2. The highest BCUT2D eigenvalue weighted by molar-refractivity contribution is 7.90. The van der Waals surface area contributed by atoms with Crippen molar-refractivity contribution >= 4 is 21.4 Å². The summed E-state index contributed by atoms with van der Waals surface area (Å²) in [6.07, 6.45) is 5.61. The van der Waals surface area contributed by atoms with Crippen molar-refractivity contribution in [2.24, 2.45) is 5.41 Å². The molecule has 3 N–H and O–H groups in total. The molecule has 0 aromatic heterocycles. The molecule has 6 heteroatoms. The van der Waals surface area contributed by atoms with Gasteiger partial charge in [0, 0.05) is 24.1 Å². The van der Waals surface area contributed by atoms with Gasteiger partial charge in [-0.15, -0.1) is 0 Å². The Morgan fingerprint density at radius 2 is 2.00 bits per heavy atom. The van der Waals surface area contributed by atoms with Crippen LogP contribution in [0.1, 0.15) is 43.0 Å². The molecule has 1 fully saturated rings. The van der Waals surface area contributed by atoms with Crippen LogP contribution in [0.3, 0.4) is 0 Å². The topological polar surface area (TPSA) is 89.3 Å². The van der Waals surface area contributed by atoms with E-state index in [4.69, 9.17) is 5.73 Å². The number of carbonyl (C=O) groups is 1. The number of carbonyl (C=O) groups excluding carboxylic acids is 1. The Bertz CT molecular complexity index is 649. The van der Waals surface area contributed by atoms with Crippen LogP contribution in [0.4, 0.5) is 5.69 Å². The molecular weight excluding hydrogens is 288 g/mol. The first-order chi connectivity index (χ1) is 9.76. The van der Waals surface area contributed by atoms with Gasteiger partial charge < -0.3 is 11.1 Å². The van der Waals surface area contributed by atoms with Crippen molar-refractivity contribution in [3.8, 4) is 0 Å². The molecular formula is C15H22N2O3S. The van der Waals surface area contributed by atoms with Crippen molar-refractivity contribution in [2.75, 3.05) is 18.5 Å². The summed E-state index contributed by atoms with van der Waals surface area (Å²) in [5, 5.41) is 2.90. The Kier molecular flexibility index (Phi) is 4.27. The van der Waals surface area contributed by atoms with Crippen molar-refractivity contribution in [3.05, 3.63) is 23.8 Å². The van der Waals surface area contributed by atoms with Gasteiger partial charge in [-0.05, 0) is 42.9 Å². The second kappa shape index (κ2) is 5.67. The van der Waals surface area contributed by atoms with Crippen molar-refractivity contribution in [1.29, 1.82) is 0 Å². The molecule has 1 amide bonds. The van der Waals surface area contributed by atoms with Crippen LogP contribution in [0.5, 0.6) is 0 Å². The number of nitrogen functional groups attached to an aromatic ring is 1. The van der Waals surface area contributed by atoms with E-state index < -0.39 is 9.84 Å². The third-order valence-electron chi connectivity index (χ3n) is 3.98. The first-order valence-corrected chi connectivity index (χ1v) is 9.04. The maximum Gasteiger partial charge on any atom is 0.251 e. The van der Waals surface area contributed by atoms with Crippen LogP contribution in [-0.4, -0.2) is 27.1 Å². The maximum atomic E-state index is 12.2. The molecule has 1 aliphatic carbocycles. The van der Waals surface area contributed by atoms with Crippen LogP contribution in [0, 0.1) is 5.41 Å². The Balaban J connectivity index is 2.11. The molecule has 0 aliphatic heterocycles. The normalized spacial score (nSPS) is 16.5. The fraction of sp³-hybridized carbons (Fsp3) is 0.533. The lowest BCUT2D eigenvalue weighted by molar-refractivity contribution is 0.0943. The van der Waals surface area contributed by atoms with Gasteiger partial charge in [0.25, 0.3) is 5.91 Å². The Labute approximate surface area is 125 Å². The summed E-state index contributed by atoms with van der Waals surface area (Å²) >= 11 is 0. The quantitative estimate of drug-likeness (QED) is 0.786. The van der Waals surface area contributed by atoms with E-state index in [1.165, 1.54) is 18.2 Å². The number of hydrogen-bond donors (Lipinski definition) is 2. The highest BCUT2D eigenvalue weighted by atomic mass is 32.2. The second-order valence-corrected chi connectivity index (χ2v) is 8.01. The zero-order chi connectivity index (χ0) is 15.7. The monoisotopic (exact) mass is 310 g/mol. The summed E-state index contributed by atoms with van der Waals surface area (Å²) in [5.41, 5.74) is 6.52. The minimum absolute atomic E-state index is 0.0716. The standard InChI is InChI=1S/C15H22N2O3S/c1-3-4-15(5-6-15)10-17-14(18)11-7-12(16)9-13(8-11)21(2,19)20/h7-9H,3-6,10,16H2,1-2H3,(H,17,18). The lowest BCUT2D eigenvalue weighted by atomic mass is 10.0. The highest BCUT2D eigenvalue weighted by Gasteiger charge is 2.41. The number of anilines is 1. The molecule has 1 saturated carbocycles. The second-order valence-electron chi connectivity index (χ2n) is 6.00. The average molecular weight is 310 g/mol. The molecule has 1 aliphatic rings. The minimum atomic E-state index is -3.38. The molecule has 0 unspecified atom stereocenters. The molecule has 0 radical (unpaired) electrons. The van der Waals surface area contributed by atoms with Gasteiger partial charge in [-0.3, -0.25) is 4.79 Å². The van der Waals surface area contributed by atoms with E-state index in [2.05, 4.69) is 12.2 Å². The van der Waals surface area contributed by atoms with E-state index in [9.17, 15) is 13.2 Å². The average Bonchev–Trinajstić information content (AvgIpc) is 3.15. The zero-order valence-corrected chi connectivity index (χ0v) is 13.3. The predicted octanol–water partition coefficient (Wildman–Crippen LogP) is 1.98. The van der Waals surface area contributed by atoms with E-state index in [-0.39, 0.29) is 21.9 Å². The predicted molar refractivity (Wildman–Crippen MR) is 82.9 cm³/mol. The lowest BCUT2D eigenvalue weighted by Gasteiger charge is -2.15. The van der Waals surface area contributed by atoms with Gasteiger partial charge in [-0.25, -0.2) is 8.42 Å². The van der Waals surface area contributed by atoms with Gasteiger partial charge in [0.15, 0.2) is 9.84 Å². The number of hydrogen-bond acceptors (Lipinski definition) is 4. The van der Waals surface area contributed by atoms with E-state index in [1.54, 1.807) is 0 Å². The molecule has 0 bridgehead atoms. The van der Waals surface area contributed by atoms with Gasteiger partial charge in [-0.1, -0.05) is 13.3 Å². The number of rotatable bonds is 6. The molecule has 0 atom stereocenters. The molecule has 116 valence electrons. The summed E-state index contributed by atoms with van der Waals surface area (Å²) in [4.78, 5) is 12.3. The SMILES string of the molecule is CCCC1(CNC(=O)c2cc(N)cc(S(C)(=O)=O)c2)CC1. The van der Waals surface area contributed by atoms with Gasteiger partial charge in [-0.2, -0.15) is 0 Å². The number of nitrogens with one attached hydrogen (secondary N) is 1. The molecule has 21 heavy (non-hydrogen) atoms. The summed E-state index contributed by atoms with van der Waals surface area (Å²) in [7, 11) is -3.38. The van der Waals surface area contributed by atoms with Crippen LogP contribution in [0.15, 0.2) is 23.1 Å². The van der Waals surface area contributed by atoms with Gasteiger partial charge in [0.1, 0.15) is 0 Å². The van der Waals surface area contributed by atoms with E-state index in [1.807, 2.05) is 0 Å². The fourth-order valence-electron chi connectivity index (χ4n) is 2.56. The van der Waals surface area contributed by atoms with Crippen LogP contribution in [-0.2, 0) is 9.84 Å². The first kappa shape index (κ1) is 15.8. The van der Waals surface area contributed by atoms with Gasteiger partial charge >= 0.3 is 0 Å². The minimum Gasteiger partial charge on any atom is -0.399 e. The number of sulfone groups is 1. The largest absolute Gasteiger partial charge is 0.399 e. The fourth-order valence-corrected chi connectivity index (χ4v) is 3.25. The molecule has 1 aromatic carbocycles. The summed E-state index contributed by atoms with van der Waals surface area (Å²) < 4.78 is 23.2. The summed E-state index contributed by atoms with van der Waals surface area (Å²) in [6.45, 7) is 2.78. The zero-order valence-electron chi connectivity index (χ0n) is 12.5. The highest BCUT2D eigenvalue weighted by Crippen LogP contribution is 2.48. The number of nitrogens with two attached hydrogens (primary N) is 1. The third kappa shape index (κ3) is 3.97. The van der Waals surface area contributed by atoms with Crippen LogP contribution in [0.25, 0.3) is 0 Å². The number of benzene rings is 1. The van der Waals surface area contributed by atoms with Crippen LogP contribution < -0.4 is 11.1 Å². The molecule has 0 saturated heterocycles. The van der Waals surface area contributed by atoms with E-state index in [0.29, 0.717) is 12.1 Å². The van der Waals surface area contributed by atoms with Crippen molar-refractivity contribution in [1.82, 2.24) is 5.32 Å². The first-order valence-electron chi connectivity index (χ1n) is 7.15. The van der Waals surface area contributed by atoms with Crippen molar-refractivity contribution in [3.63, 3.8) is 0 Å². The Morgan fingerprint density at radius 1 is 1.33 bits per heavy atom. The Hall–Kier alpha value is -1.56. The molecule has 0 spiro atoms. The van der Waals surface area contributed by atoms with Crippen molar-refractivity contribution < 1.29 is 13.2 Å². The Morgan fingerprint density at radius 3 is 2.52 bits per heavy atom. The summed E-state index contributed by atoms with van der Waals surface area (Å²) in [5.74, 6) is -0.269. The van der Waals surface area contributed by atoms with Gasteiger partial charge in [0.05, 0.1) is 4.90 Å². The smallest absolute Gasteiger partial charge is 0.251 e. The molecule has 5 nitrogen and oxygen atoms in total. The van der Waals surface area contributed by atoms with Crippen LogP contribution in [0.2, 0.25) is 0 Å². The van der Waals surface area contributed by atoms with Crippen LogP contribution >= 0.6 is 0 Å². The molecule has 1 aromatic rings. The van der Waals surface area contributed by atoms with E-state index in [0.717, 1.165) is 31.9 Å². The van der Waals surface area contributed by atoms with Crippen molar-refractivity contribution in [2.45, 2.75) is 37.5 Å². The number of amides is 1. The lowest BCUT2D eigenvalue weighted by Crippen LogP contribution is -2.30. The molecule has 0 heterocycles. The summed E-state index contributed by atoms with van der Waals surface area (Å²) in [6, 6.07) is 4.25.